The summed E-state index contributed by atoms with van der Waals surface area (Å²) in [4.78, 5) is 24.2. The number of esters is 1. The van der Waals surface area contributed by atoms with Crippen molar-refractivity contribution in [2.75, 3.05) is 6.61 Å². The lowest BCUT2D eigenvalue weighted by atomic mass is 10.1. The minimum Gasteiger partial charge on any atom is -0.453 e. The van der Waals surface area contributed by atoms with Gasteiger partial charge in [-0.15, -0.1) is 11.3 Å². The zero-order valence-corrected chi connectivity index (χ0v) is 13.6. The Kier molecular flexibility index (Phi) is 4.59. The first-order chi connectivity index (χ1) is 11.5. The Labute approximate surface area is 144 Å². The summed E-state index contributed by atoms with van der Waals surface area (Å²) < 4.78 is 32.3. The summed E-state index contributed by atoms with van der Waals surface area (Å²) in [5.41, 5.74) is -0.467. The zero-order chi connectivity index (χ0) is 17.3. The lowest BCUT2D eigenvalue weighted by molar-refractivity contribution is 0.0478. The highest BCUT2D eigenvalue weighted by Crippen LogP contribution is 2.35. The van der Waals surface area contributed by atoms with E-state index in [2.05, 4.69) is 0 Å². The van der Waals surface area contributed by atoms with Crippen LogP contribution in [0.1, 0.15) is 20.0 Å². The smallest absolute Gasteiger partial charge is 0.350 e. The van der Waals surface area contributed by atoms with E-state index in [1.165, 1.54) is 0 Å². The zero-order valence-electron chi connectivity index (χ0n) is 12.0. The molecule has 1 heterocycles. The molecular formula is C17H9ClF2O3S. The first-order valence-electron chi connectivity index (χ1n) is 6.80. The fraction of sp³-hybridized carbons (Fsp3) is 0.0588. The molecule has 122 valence electrons. The average molecular weight is 367 g/mol. The molecule has 3 nitrogen and oxygen atoms in total. The van der Waals surface area contributed by atoms with Crippen molar-refractivity contribution >= 4 is 44.8 Å². The number of ketones is 1. The van der Waals surface area contributed by atoms with Crippen LogP contribution in [0.5, 0.6) is 0 Å². The maximum Gasteiger partial charge on any atom is 0.350 e. The van der Waals surface area contributed by atoms with Gasteiger partial charge in [0.1, 0.15) is 16.5 Å². The van der Waals surface area contributed by atoms with Gasteiger partial charge >= 0.3 is 5.97 Å². The Balaban J connectivity index is 1.76. The van der Waals surface area contributed by atoms with Crippen molar-refractivity contribution in [3.8, 4) is 0 Å². The summed E-state index contributed by atoms with van der Waals surface area (Å²) in [6.07, 6.45) is 0. The van der Waals surface area contributed by atoms with Crippen molar-refractivity contribution in [1.82, 2.24) is 0 Å². The Morgan fingerprint density at radius 2 is 1.88 bits per heavy atom. The molecule has 0 amide bonds. The van der Waals surface area contributed by atoms with Gasteiger partial charge < -0.3 is 4.74 Å². The van der Waals surface area contributed by atoms with Crippen molar-refractivity contribution in [3.05, 3.63) is 69.6 Å². The van der Waals surface area contributed by atoms with Gasteiger partial charge in [-0.25, -0.2) is 13.6 Å². The second-order valence-electron chi connectivity index (χ2n) is 4.86. The Hall–Kier alpha value is -2.31. The number of benzene rings is 2. The summed E-state index contributed by atoms with van der Waals surface area (Å²) in [5, 5.41) is 0.948. The van der Waals surface area contributed by atoms with Crippen LogP contribution in [0.3, 0.4) is 0 Å². The topological polar surface area (TPSA) is 43.4 Å². The van der Waals surface area contributed by atoms with Gasteiger partial charge in [-0.1, -0.05) is 29.8 Å². The van der Waals surface area contributed by atoms with E-state index in [1.54, 1.807) is 24.3 Å². The highest BCUT2D eigenvalue weighted by molar-refractivity contribution is 7.21. The van der Waals surface area contributed by atoms with Crippen LogP contribution < -0.4 is 0 Å². The third-order valence-corrected chi connectivity index (χ3v) is 4.94. The van der Waals surface area contributed by atoms with Gasteiger partial charge in [0.05, 0.1) is 10.6 Å². The van der Waals surface area contributed by atoms with Crippen LogP contribution in [0.2, 0.25) is 5.02 Å². The lowest BCUT2D eigenvalue weighted by Gasteiger charge is -2.04. The van der Waals surface area contributed by atoms with E-state index in [0.29, 0.717) is 5.39 Å². The van der Waals surface area contributed by atoms with Gasteiger partial charge in [-0.2, -0.15) is 0 Å². The predicted octanol–water partition coefficient (Wildman–Crippen LogP) is 4.87. The Bertz CT molecular complexity index is 952. The molecule has 0 radical (unpaired) electrons. The van der Waals surface area contributed by atoms with Crippen LogP contribution >= 0.6 is 22.9 Å². The number of hydrogen-bond acceptors (Lipinski definition) is 4. The second kappa shape index (κ2) is 6.67. The van der Waals surface area contributed by atoms with E-state index in [0.717, 1.165) is 34.2 Å². The average Bonchev–Trinajstić information content (AvgIpc) is 2.92. The van der Waals surface area contributed by atoms with Gasteiger partial charge in [-0.3, -0.25) is 4.79 Å². The first-order valence-corrected chi connectivity index (χ1v) is 7.99. The number of carbonyl (C=O) groups excluding carboxylic acids is 2. The van der Waals surface area contributed by atoms with Crippen LogP contribution in [0, 0.1) is 11.6 Å². The molecule has 0 saturated heterocycles. The largest absolute Gasteiger partial charge is 0.453 e. The maximum absolute atomic E-state index is 13.5. The summed E-state index contributed by atoms with van der Waals surface area (Å²) in [6.45, 7) is -0.705. The molecule has 24 heavy (non-hydrogen) atoms. The summed E-state index contributed by atoms with van der Waals surface area (Å²) in [6, 6.07) is 9.65. The molecule has 0 bridgehead atoms. The molecular weight excluding hydrogens is 358 g/mol. The SMILES string of the molecule is O=C(COC(=O)c1sc2ccccc2c1Cl)c1cc(F)ccc1F. The van der Waals surface area contributed by atoms with Crippen LogP contribution in [0.4, 0.5) is 8.78 Å². The van der Waals surface area contributed by atoms with Crippen LogP contribution in [-0.2, 0) is 4.74 Å². The van der Waals surface area contributed by atoms with Gasteiger partial charge in [0.2, 0.25) is 5.78 Å². The van der Waals surface area contributed by atoms with Crippen LogP contribution in [0.25, 0.3) is 10.1 Å². The molecule has 0 saturated carbocycles. The Morgan fingerprint density at radius 3 is 2.62 bits per heavy atom. The van der Waals surface area contributed by atoms with Gasteiger partial charge in [-0.05, 0) is 24.3 Å². The number of carbonyl (C=O) groups is 2. The molecule has 0 aliphatic heterocycles. The number of rotatable bonds is 4. The molecule has 2 aromatic carbocycles. The van der Waals surface area contributed by atoms with Crippen LogP contribution in [0.15, 0.2) is 42.5 Å². The standard InChI is InChI=1S/C17H9ClF2O3S/c18-15-10-3-1-2-4-14(10)24-16(15)17(22)23-8-13(21)11-7-9(19)5-6-12(11)20/h1-7H,8H2. The normalized spacial score (nSPS) is 10.8. The predicted molar refractivity (Wildman–Crippen MR) is 87.8 cm³/mol. The maximum atomic E-state index is 13.5. The summed E-state index contributed by atoms with van der Waals surface area (Å²) in [7, 11) is 0. The van der Waals surface area contributed by atoms with Crippen molar-refractivity contribution in [2.24, 2.45) is 0 Å². The third-order valence-electron chi connectivity index (χ3n) is 3.28. The number of ether oxygens (including phenoxy) is 1. The molecule has 0 spiro atoms. The summed E-state index contributed by atoms with van der Waals surface area (Å²) in [5.74, 6) is -3.25. The number of fused-ring (bicyclic) bond motifs is 1. The van der Waals surface area contributed by atoms with E-state index < -0.39 is 35.6 Å². The number of thiophene rings is 1. The van der Waals surface area contributed by atoms with Gasteiger partial charge in [0, 0.05) is 10.1 Å². The molecule has 3 aromatic rings. The minimum absolute atomic E-state index is 0.158. The monoisotopic (exact) mass is 366 g/mol. The molecule has 0 aliphatic rings. The van der Waals surface area contributed by atoms with Gasteiger partial charge in [0.15, 0.2) is 6.61 Å². The number of Topliss-reactive ketones (excluding diaryl/α,β-unsaturated/α-hetero) is 1. The van der Waals surface area contributed by atoms with Crippen molar-refractivity contribution in [1.29, 1.82) is 0 Å². The van der Waals surface area contributed by atoms with Crippen molar-refractivity contribution in [2.45, 2.75) is 0 Å². The highest BCUT2D eigenvalue weighted by atomic mass is 35.5. The highest BCUT2D eigenvalue weighted by Gasteiger charge is 2.20. The second-order valence-corrected chi connectivity index (χ2v) is 6.29. The van der Waals surface area contributed by atoms with Crippen molar-refractivity contribution < 1.29 is 23.1 Å². The minimum atomic E-state index is -0.877. The summed E-state index contributed by atoms with van der Waals surface area (Å²) >= 11 is 7.28. The molecule has 0 atom stereocenters. The van der Waals surface area contributed by atoms with Gasteiger partial charge in [0.25, 0.3) is 0 Å². The Morgan fingerprint density at radius 1 is 1.12 bits per heavy atom. The van der Waals surface area contributed by atoms with E-state index in [4.69, 9.17) is 16.3 Å². The number of hydrogen-bond donors (Lipinski definition) is 0. The molecule has 0 N–H and O–H groups in total. The fourth-order valence-corrected chi connectivity index (χ4v) is 3.53. The fourth-order valence-electron chi connectivity index (χ4n) is 2.13. The molecule has 7 heteroatoms. The molecule has 0 aliphatic carbocycles. The molecule has 3 rings (SSSR count). The first kappa shape index (κ1) is 16.5. The van der Waals surface area contributed by atoms with Crippen molar-refractivity contribution in [3.63, 3.8) is 0 Å². The molecule has 0 fully saturated rings. The molecule has 0 unspecified atom stereocenters. The quantitative estimate of drug-likeness (QED) is 0.488. The molecule has 1 aromatic heterocycles. The van der Waals surface area contributed by atoms with E-state index in [-0.39, 0.29) is 9.90 Å². The van der Waals surface area contributed by atoms with Crippen LogP contribution in [-0.4, -0.2) is 18.4 Å². The van der Waals surface area contributed by atoms with E-state index in [9.17, 15) is 18.4 Å². The van der Waals surface area contributed by atoms with E-state index in [1.807, 2.05) is 0 Å². The van der Waals surface area contributed by atoms with E-state index >= 15 is 0 Å². The number of halogens is 3. The lowest BCUT2D eigenvalue weighted by Crippen LogP contribution is -2.15. The third kappa shape index (κ3) is 3.16.